The number of nitrogens with zero attached hydrogens (tertiary/aromatic N) is 3. The predicted octanol–water partition coefficient (Wildman–Crippen LogP) is 7.41. The van der Waals surface area contributed by atoms with Gasteiger partial charge in [0, 0.05) is 60.4 Å². The first-order valence-electron chi connectivity index (χ1n) is 19.2. The molecule has 56 heavy (non-hydrogen) atoms. The van der Waals surface area contributed by atoms with E-state index in [0.717, 1.165) is 16.2 Å². The van der Waals surface area contributed by atoms with Gasteiger partial charge in [-0.3, -0.25) is 39.0 Å². The Morgan fingerprint density at radius 2 is 1.57 bits per heavy atom. The fraction of sp³-hybridized carbons (Fsp3) is 0.432. The molecule has 12 heteroatoms. The maximum Gasteiger partial charge on any atom is 0.262 e. The van der Waals surface area contributed by atoms with Gasteiger partial charge in [0.15, 0.2) is 5.78 Å². The summed E-state index contributed by atoms with van der Waals surface area (Å²) in [5.41, 5.74) is 2.73. The second-order valence-electron chi connectivity index (χ2n) is 16.6. The van der Waals surface area contributed by atoms with Crippen LogP contribution in [0.25, 0.3) is 4.85 Å². The molecule has 0 aromatic heterocycles. The lowest BCUT2D eigenvalue weighted by Crippen LogP contribution is -2.66. The fourth-order valence-electron chi connectivity index (χ4n) is 9.55. The number of aryl methyl sites for hydroxylation is 1. The van der Waals surface area contributed by atoms with Gasteiger partial charge in [-0.2, -0.15) is 0 Å². The number of piperidine rings is 2. The fourth-order valence-corrected chi connectivity index (χ4v) is 9.76. The van der Waals surface area contributed by atoms with Gasteiger partial charge >= 0.3 is 0 Å². The van der Waals surface area contributed by atoms with Crippen molar-refractivity contribution < 1.29 is 33.5 Å². The van der Waals surface area contributed by atoms with Crippen molar-refractivity contribution in [1.82, 2.24) is 10.2 Å². The van der Waals surface area contributed by atoms with Gasteiger partial charge in [0.05, 0.1) is 22.7 Å². The minimum absolute atomic E-state index is 0.0632. The summed E-state index contributed by atoms with van der Waals surface area (Å²) in [5, 5.41) is 2.57. The summed E-state index contributed by atoms with van der Waals surface area (Å²) < 4.78 is 6.39. The minimum Gasteiger partial charge on any atom is -0.489 e. The largest absolute Gasteiger partial charge is 0.489 e. The number of anilines is 1. The van der Waals surface area contributed by atoms with Gasteiger partial charge in [-0.1, -0.05) is 69.6 Å². The number of ether oxygens (including phenoxy) is 1. The van der Waals surface area contributed by atoms with E-state index in [1.165, 1.54) is 0 Å². The van der Waals surface area contributed by atoms with E-state index >= 15 is 0 Å². The topological polar surface area (TPSA) is 135 Å². The van der Waals surface area contributed by atoms with Gasteiger partial charge in [-0.05, 0) is 67.5 Å². The number of carbonyl (C=O) groups excluding carboxylic acids is 6. The molecule has 3 heterocycles. The van der Waals surface area contributed by atoms with Crippen molar-refractivity contribution in [1.29, 1.82) is 0 Å². The van der Waals surface area contributed by atoms with Crippen LogP contribution in [0, 0.1) is 29.2 Å². The van der Waals surface area contributed by atoms with E-state index in [0.29, 0.717) is 67.2 Å². The molecule has 0 spiro atoms. The van der Waals surface area contributed by atoms with Crippen LogP contribution in [-0.4, -0.2) is 65.3 Å². The standard InChI is InChI=1S/C44H45ClN4O7/c1-43(2)37(44(3,4)42(43)56-29-12-14-33(46-5)32(45)23-29)24-36(51)26-9-6-25(7-10-26)8-16-35(50)27-18-20-48(21-19-27)28-11-13-30-31(22-28)41(55)49(40(30)54)34-15-17-38(52)47-39(34)53/h6-7,9-14,22-23,27,34,37,42H,8,15-21,24H2,1-4H3,(H,47,52,53). The van der Waals surface area contributed by atoms with Crippen molar-refractivity contribution in [3.8, 4) is 5.75 Å². The van der Waals surface area contributed by atoms with Crippen LogP contribution in [0.3, 0.4) is 0 Å². The Morgan fingerprint density at radius 1 is 0.893 bits per heavy atom. The van der Waals surface area contributed by atoms with Gasteiger partial charge in [-0.15, -0.1) is 0 Å². The Labute approximate surface area is 331 Å². The summed E-state index contributed by atoms with van der Waals surface area (Å²) in [6.45, 7) is 17.0. The number of rotatable bonds is 11. The molecule has 4 amide bonds. The maximum absolute atomic E-state index is 13.5. The van der Waals surface area contributed by atoms with Crippen LogP contribution in [0.15, 0.2) is 60.7 Å². The van der Waals surface area contributed by atoms with E-state index in [4.69, 9.17) is 22.9 Å². The van der Waals surface area contributed by atoms with Crippen molar-refractivity contribution in [2.75, 3.05) is 18.0 Å². The molecule has 7 rings (SSSR count). The quantitative estimate of drug-likeness (QED) is 0.121. The predicted molar refractivity (Wildman–Crippen MR) is 210 cm³/mol. The Balaban J connectivity index is 0.884. The zero-order valence-electron chi connectivity index (χ0n) is 32.0. The SMILES string of the molecule is [C-]#[N+]c1ccc(OC2C(C)(C)C(CC(=O)c3ccc(CCC(=O)C4CCN(c5ccc6c(c5)C(=O)N(C5CCC(=O)NC5=O)C6=O)CC4)cc3)C2(C)C)cc1Cl. The molecule has 3 aliphatic heterocycles. The zero-order valence-corrected chi connectivity index (χ0v) is 32.8. The van der Waals surface area contributed by atoms with Gasteiger partial charge in [0.1, 0.15) is 23.7 Å². The number of fused-ring (bicyclic) bond motifs is 1. The molecule has 4 aliphatic rings. The van der Waals surface area contributed by atoms with Crippen molar-refractivity contribution in [2.45, 2.75) is 84.8 Å². The number of Topliss-reactive ketones (excluding diaryl/α,β-unsaturated/α-hetero) is 2. The average molecular weight is 777 g/mol. The normalized spacial score (nSPS) is 22.9. The Morgan fingerprint density at radius 3 is 2.21 bits per heavy atom. The third-order valence-electron chi connectivity index (χ3n) is 12.5. The number of hydrogen-bond acceptors (Lipinski definition) is 8. The summed E-state index contributed by atoms with van der Waals surface area (Å²) in [7, 11) is 0. The van der Waals surface area contributed by atoms with Crippen LogP contribution in [0.2, 0.25) is 5.02 Å². The molecule has 1 N–H and O–H groups in total. The smallest absolute Gasteiger partial charge is 0.262 e. The number of carbonyl (C=O) groups is 6. The number of benzene rings is 3. The average Bonchev–Trinajstić information content (AvgIpc) is 3.42. The molecule has 3 aromatic rings. The number of hydrogen-bond donors (Lipinski definition) is 1. The van der Waals surface area contributed by atoms with Crippen LogP contribution in [0.4, 0.5) is 11.4 Å². The lowest BCUT2D eigenvalue weighted by atomic mass is 9.44. The third kappa shape index (κ3) is 7.11. The van der Waals surface area contributed by atoms with Crippen LogP contribution in [0.5, 0.6) is 5.75 Å². The second-order valence-corrected chi connectivity index (χ2v) is 17.1. The monoisotopic (exact) mass is 776 g/mol. The molecule has 290 valence electrons. The highest BCUT2D eigenvalue weighted by molar-refractivity contribution is 6.33. The Bertz CT molecular complexity index is 2170. The molecular formula is C44H45ClN4O7. The van der Waals surface area contributed by atoms with Gasteiger partial charge in [0.25, 0.3) is 11.8 Å². The first kappa shape index (κ1) is 38.9. The molecular weight excluding hydrogens is 732 g/mol. The summed E-state index contributed by atoms with van der Waals surface area (Å²) >= 11 is 6.25. The van der Waals surface area contributed by atoms with Gasteiger partial charge in [-0.25, -0.2) is 4.85 Å². The molecule has 11 nitrogen and oxygen atoms in total. The zero-order chi connectivity index (χ0) is 40.1. The van der Waals surface area contributed by atoms with Gasteiger partial charge in [0.2, 0.25) is 17.5 Å². The number of amides is 4. The molecule has 2 saturated heterocycles. The molecule has 1 atom stereocenters. The molecule has 1 aliphatic carbocycles. The van der Waals surface area contributed by atoms with Crippen molar-refractivity contribution >= 4 is 58.2 Å². The highest BCUT2D eigenvalue weighted by Crippen LogP contribution is 2.62. The van der Waals surface area contributed by atoms with Crippen molar-refractivity contribution in [3.63, 3.8) is 0 Å². The third-order valence-corrected chi connectivity index (χ3v) is 12.8. The number of ketones is 2. The first-order chi connectivity index (χ1) is 26.6. The Kier molecular flexibility index (Phi) is 10.4. The van der Waals surface area contributed by atoms with Crippen LogP contribution >= 0.6 is 11.6 Å². The van der Waals surface area contributed by atoms with E-state index in [1.807, 2.05) is 24.3 Å². The molecule has 1 unspecified atom stereocenters. The van der Waals surface area contributed by atoms with Crippen LogP contribution < -0.4 is 15.0 Å². The molecule has 1 saturated carbocycles. The summed E-state index contributed by atoms with van der Waals surface area (Å²) in [5.74, 6) is -1.25. The summed E-state index contributed by atoms with van der Waals surface area (Å²) in [6.07, 6.45) is 2.73. The molecule has 0 bridgehead atoms. The summed E-state index contributed by atoms with van der Waals surface area (Å²) in [6, 6.07) is 16.8. The van der Waals surface area contributed by atoms with Crippen molar-refractivity contribution in [2.24, 2.45) is 22.7 Å². The van der Waals surface area contributed by atoms with Crippen molar-refractivity contribution in [3.05, 3.63) is 99.4 Å². The van der Waals surface area contributed by atoms with E-state index in [-0.39, 0.29) is 64.3 Å². The minimum atomic E-state index is -1.01. The summed E-state index contributed by atoms with van der Waals surface area (Å²) in [4.78, 5) is 83.6. The van der Waals surface area contributed by atoms with Crippen LogP contribution in [0.1, 0.15) is 103 Å². The number of imide groups is 2. The number of halogens is 1. The first-order valence-corrected chi connectivity index (χ1v) is 19.6. The van der Waals surface area contributed by atoms with Crippen LogP contribution in [-0.2, 0) is 20.8 Å². The van der Waals surface area contributed by atoms with E-state index in [9.17, 15) is 28.8 Å². The van der Waals surface area contributed by atoms with E-state index in [2.05, 4.69) is 42.8 Å². The van der Waals surface area contributed by atoms with E-state index in [1.54, 1.807) is 36.4 Å². The highest BCUT2D eigenvalue weighted by Gasteiger charge is 2.63. The number of nitrogens with one attached hydrogen (secondary N) is 1. The van der Waals surface area contributed by atoms with Gasteiger partial charge < -0.3 is 9.64 Å². The molecule has 0 radical (unpaired) electrons. The highest BCUT2D eigenvalue weighted by atomic mass is 35.5. The lowest BCUT2D eigenvalue weighted by Gasteiger charge is -2.63. The second kappa shape index (κ2) is 15.0. The lowest BCUT2D eigenvalue weighted by molar-refractivity contribution is -0.196. The molecule has 3 aromatic carbocycles. The maximum atomic E-state index is 13.5. The Hall–Kier alpha value is -5.34. The van der Waals surface area contributed by atoms with E-state index < -0.39 is 29.7 Å². The molecule has 3 fully saturated rings.